The van der Waals surface area contributed by atoms with Crippen LogP contribution in [-0.2, 0) is 21.7 Å². The number of hydrogen-bond donors (Lipinski definition) is 1. The van der Waals surface area contributed by atoms with Crippen LogP contribution in [0.3, 0.4) is 0 Å². The molecule has 0 saturated heterocycles. The fourth-order valence-electron chi connectivity index (χ4n) is 1.68. The maximum atomic E-state index is 11.7. The summed E-state index contributed by atoms with van der Waals surface area (Å²) in [6.07, 6.45) is 0.307. The van der Waals surface area contributed by atoms with Gasteiger partial charge >= 0.3 is 0 Å². The number of thiazole rings is 1. The maximum Gasteiger partial charge on any atom is 0.226 e. The van der Waals surface area contributed by atoms with Crippen LogP contribution in [0.15, 0.2) is 34.0 Å². The lowest BCUT2D eigenvalue weighted by molar-refractivity contribution is -0.120. The summed E-state index contributed by atoms with van der Waals surface area (Å²) in [5.74, 6) is 0.807. The van der Waals surface area contributed by atoms with Crippen molar-refractivity contribution in [3.05, 3.63) is 45.9 Å². The average Bonchev–Trinajstić information content (AvgIpc) is 2.94. The van der Waals surface area contributed by atoms with Gasteiger partial charge in [-0.3, -0.25) is 4.79 Å². The zero-order chi connectivity index (χ0) is 15.8. The lowest BCUT2D eigenvalue weighted by atomic mass is 10.2. The number of halogens is 1. The van der Waals surface area contributed by atoms with Crippen molar-refractivity contribution in [3.8, 4) is 0 Å². The van der Waals surface area contributed by atoms with Crippen molar-refractivity contribution >= 4 is 40.6 Å². The lowest BCUT2D eigenvalue weighted by Crippen LogP contribution is -2.28. The Morgan fingerprint density at radius 3 is 2.91 bits per heavy atom. The molecular weight excluding hydrogens is 340 g/mol. The second-order valence-corrected chi connectivity index (χ2v) is 7.06. The number of nitrogens with zero attached hydrogens (tertiary/aromatic N) is 1. The van der Waals surface area contributed by atoms with Gasteiger partial charge in [0.1, 0.15) is 4.34 Å². The molecule has 2 rings (SSSR count). The Labute approximate surface area is 143 Å². The van der Waals surface area contributed by atoms with Crippen molar-refractivity contribution in [2.45, 2.75) is 16.5 Å². The topological polar surface area (TPSA) is 51.2 Å². The van der Waals surface area contributed by atoms with Crippen molar-refractivity contribution in [1.29, 1.82) is 0 Å². The number of carbonyl (C=O) groups excluding carboxylic acids is 1. The van der Waals surface area contributed by atoms with Crippen LogP contribution in [0.1, 0.15) is 11.3 Å². The predicted molar refractivity (Wildman–Crippen MR) is 91.7 cm³/mol. The SMILES string of the molecule is COCCNC(=O)Cc1csc(SCc2ccc(Cl)cc2)n1. The molecule has 0 fully saturated rings. The fraction of sp³-hybridized carbons (Fsp3) is 0.333. The summed E-state index contributed by atoms with van der Waals surface area (Å²) in [4.78, 5) is 16.2. The van der Waals surface area contributed by atoms with Gasteiger partial charge in [0, 0.05) is 29.8 Å². The molecule has 0 bridgehead atoms. The Hall–Kier alpha value is -1.08. The van der Waals surface area contributed by atoms with E-state index < -0.39 is 0 Å². The van der Waals surface area contributed by atoms with Crippen LogP contribution < -0.4 is 5.32 Å². The number of methoxy groups -OCH3 is 1. The van der Waals surface area contributed by atoms with E-state index in [0.29, 0.717) is 19.6 Å². The average molecular weight is 357 g/mol. The minimum absolute atomic E-state index is 0.0309. The first-order chi connectivity index (χ1) is 10.7. The first kappa shape index (κ1) is 17.3. The highest BCUT2D eigenvalue weighted by atomic mass is 35.5. The van der Waals surface area contributed by atoms with E-state index in [2.05, 4.69) is 10.3 Å². The van der Waals surface area contributed by atoms with Gasteiger partial charge in [-0.2, -0.15) is 0 Å². The molecule has 0 aliphatic carbocycles. The molecule has 0 aliphatic heterocycles. The van der Waals surface area contributed by atoms with Crippen molar-refractivity contribution in [1.82, 2.24) is 10.3 Å². The quantitative estimate of drug-likeness (QED) is 0.582. The number of rotatable bonds is 8. The molecule has 0 atom stereocenters. The van der Waals surface area contributed by atoms with E-state index in [-0.39, 0.29) is 5.91 Å². The van der Waals surface area contributed by atoms with E-state index in [9.17, 15) is 4.79 Å². The molecular formula is C15H17ClN2O2S2. The number of nitrogens with one attached hydrogen (secondary N) is 1. The van der Waals surface area contributed by atoms with Crippen LogP contribution in [0.2, 0.25) is 5.02 Å². The third-order valence-corrected chi connectivity index (χ3v) is 5.17. The molecule has 1 N–H and O–H groups in total. The predicted octanol–water partition coefficient (Wildman–Crippen LogP) is 3.39. The Morgan fingerprint density at radius 1 is 1.41 bits per heavy atom. The zero-order valence-electron chi connectivity index (χ0n) is 12.2. The highest BCUT2D eigenvalue weighted by Crippen LogP contribution is 2.26. The van der Waals surface area contributed by atoms with E-state index in [1.165, 1.54) is 5.56 Å². The molecule has 0 aliphatic rings. The standard InChI is InChI=1S/C15H17ClN2O2S2/c1-20-7-6-17-14(19)8-13-10-22-15(18-13)21-9-11-2-4-12(16)5-3-11/h2-5,10H,6-9H2,1H3,(H,17,19). The first-order valence-corrected chi connectivity index (χ1v) is 8.99. The van der Waals surface area contributed by atoms with Crippen molar-refractivity contribution in [3.63, 3.8) is 0 Å². The molecule has 22 heavy (non-hydrogen) atoms. The van der Waals surface area contributed by atoms with Crippen molar-refractivity contribution in [2.75, 3.05) is 20.3 Å². The molecule has 0 radical (unpaired) electrons. The number of ether oxygens (including phenoxy) is 1. The molecule has 0 unspecified atom stereocenters. The van der Waals surface area contributed by atoms with E-state index in [1.54, 1.807) is 30.2 Å². The second kappa shape index (κ2) is 9.15. The lowest BCUT2D eigenvalue weighted by Gasteiger charge is -2.02. The molecule has 4 nitrogen and oxygen atoms in total. The second-order valence-electron chi connectivity index (χ2n) is 4.54. The summed E-state index contributed by atoms with van der Waals surface area (Å²) in [6, 6.07) is 7.78. The highest BCUT2D eigenvalue weighted by Gasteiger charge is 2.08. The van der Waals surface area contributed by atoms with E-state index in [0.717, 1.165) is 20.8 Å². The summed E-state index contributed by atoms with van der Waals surface area (Å²) in [6.45, 7) is 1.04. The fourth-order valence-corrected chi connectivity index (χ4v) is 3.61. The number of amides is 1. The van der Waals surface area contributed by atoms with Crippen LogP contribution in [0, 0.1) is 0 Å². The summed E-state index contributed by atoms with van der Waals surface area (Å²) in [7, 11) is 1.61. The van der Waals surface area contributed by atoms with E-state index >= 15 is 0 Å². The summed E-state index contributed by atoms with van der Waals surface area (Å²) in [5, 5.41) is 5.46. The Balaban J connectivity index is 1.78. The minimum Gasteiger partial charge on any atom is -0.383 e. The molecule has 2 aromatic rings. The molecule has 0 spiro atoms. The number of thioether (sulfide) groups is 1. The number of aromatic nitrogens is 1. The molecule has 7 heteroatoms. The smallest absolute Gasteiger partial charge is 0.226 e. The Bertz CT molecular complexity index is 602. The van der Waals surface area contributed by atoms with Crippen LogP contribution in [0.25, 0.3) is 0 Å². The third kappa shape index (κ3) is 5.96. The molecule has 0 saturated carbocycles. The van der Waals surface area contributed by atoms with Crippen LogP contribution in [0.4, 0.5) is 0 Å². The van der Waals surface area contributed by atoms with Gasteiger partial charge in [0.15, 0.2) is 0 Å². The Morgan fingerprint density at radius 2 is 2.18 bits per heavy atom. The molecule has 1 amide bonds. The molecule has 1 aromatic carbocycles. The van der Waals surface area contributed by atoms with E-state index in [1.807, 2.05) is 29.6 Å². The van der Waals surface area contributed by atoms with Gasteiger partial charge in [-0.25, -0.2) is 4.98 Å². The molecule has 118 valence electrons. The maximum absolute atomic E-state index is 11.7. The summed E-state index contributed by atoms with van der Waals surface area (Å²) in [5.41, 5.74) is 2.00. The van der Waals surface area contributed by atoms with Gasteiger partial charge < -0.3 is 10.1 Å². The Kier molecular flexibility index (Phi) is 7.18. The normalized spacial score (nSPS) is 10.6. The largest absolute Gasteiger partial charge is 0.383 e. The van der Waals surface area contributed by atoms with Crippen LogP contribution in [0.5, 0.6) is 0 Å². The zero-order valence-corrected chi connectivity index (χ0v) is 14.6. The van der Waals surface area contributed by atoms with Crippen molar-refractivity contribution in [2.24, 2.45) is 0 Å². The summed E-state index contributed by atoms with van der Waals surface area (Å²) >= 11 is 9.09. The minimum atomic E-state index is -0.0309. The highest BCUT2D eigenvalue weighted by molar-refractivity contribution is 8.00. The van der Waals surface area contributed by atoms with Gasteiger partial charge in [-0.1, -0.05) is 35.5 Å². The number of carbonyl (C=O) groups is 1. The number of benzene rings is 1. The van der Waals surface area contributed by atoms with Gasteiger partial charge in [0.2, 0.25) is 5.91 Å². The third-order valence-electron chi connectivity index (χ3n) is 2.78. The van der Waals surface area contributed by atoms with Crippen LogP contribution >= 0.6 is 34.7 Å². The van der Waals surface area contributed by atoms with Crippen LogP contribution in [-0.4, -0.2) is 31.2 Å². The van der Waals surface area contributed by atoms with Crippen molar-refractivity contribution < 1.29 is 9.53 Å². The van der Waals surface area contributed by atoms with Gasteiger partial charge in [-0.15, -0.1) is 11.3 Å². The van der Waals surface area contributed by atoms with Gasteiger partial charge in [-0.05, 0) is 17.7 Å². The first-order valence-electron chi connectivity index (χ1n) is 6.74. The van der Waals surface area contributed by atoms with E-state index in [4.69, 9.17) is 16.3 Å². The molecule has 1 heterocycles. The monoisotopic (exact) mass is 356 g/mol. The van der Waals surface area contributed by atoms with Gasteiger partial charge in [0.25, 0.3) is 0 Å². The summed E-state index contributed by atoms with van der Waals surface area (Å²) < 4.78 is 5.86. The molecule has 1 aromatic heterocycles. The van der Waals surface area contributed by atoms with Gasteiger partial charge in [0.05, 0.1) is 18.7 Å². The number of hydrogen-bond acceptors (Lipinski definition) is 5.